The van der Waals surface area contributed by atoms with E-state index in [2.05, 4.69) is 25.1 Å². The third-order valence-corrected chi connectivity index (χ3v) is 2.97. The van der Waals surface area contributed by atoms with Crippen LogP contribution in [0.2, 0.25) is 0 Å². The van der Waals surface area contributed by atoms with Gasteiger partial charge in [0.1, 0.15) is 0 Å². The van der Waals surface area contributed by atoms with Gasteiger partial charge >= 0.3 is 0 Å². The molecule has 0 saturated heterocycles. The molecule has 0 aliphatic carbocycles. The van der Waals surface area contributed by atoms with E-state index in [1.54, 1.807) is 12.1 Å². The molecule has 3 heteroatoms. The molecule has 2 rings (SSSR count). The minimum absolute atomic E-state index is 0.120. The van der Waals surface area contributed by atoms with Crippen LogP contribution in [0.3, 0.4) is 0 Å². The lowest BCUT2D eigenvalue weighted by atomic mass is 10.0. The lowest BCUT2D eigenvalue weighted by Crippen LogP contribution is -1.87. The van der Waals surface area contributed by atoms with Crippen LogP contribution >= 0.6 is 0 Å². The molecule has 0 aliphatic rings. The molecule has 0 saturated carbocycles. The second-order valence-electron chi connectivity index (χ2n) is 4.24. The Kier molecular flexibility index (Phi) is 4.08. The van der Waals surface area contributed by atoms with E-state index < -0.39 is 0 Å². The van der Waals surface area contributed by atoms with E-state index in [1.807, 2.05) is 18.2 Å². The molecule has 0 fully saturated rings. The largest absolute Gasteiger partial charge is 0.269 e. The molecule has 0 unspecified atom stereocenters. The Hall–Kier alpha value is -2.42. The summed E-state index contributed by atoms with van der Waals surface area (Å²) in [5.74, 6) is 0. The Bertz CT molecular complexity index is 586. The lowest BCUT2D eigenvalue weighted by molar-refractivity contribution is -0.384. The number of nitrogens with zero attached hydrogens (tertiary/aromatic N) is 1. The summed E-state index contributed by atoms with van der Waals surface area (Å²) in [7, 11) is 0. The van der Waals surface area contributed by atoms with Gasteiger partial charge in [0.25, 0.3) is 5.69 Å². The van der Waals surface area contributed by atoms with Crippen LogP contribution in [-0.4, -0.2) is 4.92 Å². The molecule has 0 amide bonds. The van der Waals surface area contributed by atoms with E-state index in [4.69, 9.17) is 0 Å². The van der Waals surface area contributed by atoms with Crippen LogP contribution in [-0.2, 0) is 0 Å². The zero-order valence-corrected chi connectivity index (χ0v) is 10.7. The van der Waals surface area contributed by atoms with Crippen molar-refractivity contribution in [2.24, 2.45) is 0 Å². The van der Waals surface area contributed by atoms with Gasteiger partial charge in [-0.15, -0.1) is 0 Å². The second kappa shape index (κ2) is 5.96. The van der Waals surface area contributed by atoms with Crippen LogP contribution in [0.4, 0.5) is 5.69 Å². The zero-order valence-electron chi connectivity index (χ0n) is 10.7. The average Bonchev–Trinajstić information content (AvgIpc) is 2.46. The summed E-state index contributed by atoms with van der Waals surface area (Å²) >= 11 is 0. The second-order valence-corrected chi connectivity index (χ2v) is 4.24. The molecule has 2 aromatic carbocycles. The van der Waals surface area contributed by atoms with Gasteiger partial charge in [0.2, 0.25) is 0 Å². The van der Waals surface area contributed by atoms with Gasteiger partial charge in [0.05, 0.1) is 4.92 Å². The predicted octanol–water partition coefficient (Wildman–Crippen LogP) is 4.55. The van der Waals surface area contributed by atoms with Crippen molar-refractivity contribution >= 4 is 17.3 Å². The topological polar surface area (TPSA) is 43.1 Å². The molecule has 2 aromatic rings. The molecule has 0 aliphatic heterocycles. The highest BCUT2D eigenvalue weighted by molar-refractivity contribution is 5.81. The first-order valence-corrected chi connectivity index (χ1v) is 6.21. The third kappa shape index (κ3) is 3.28. The molecule has 0 heterocycles. The first kappa shape index (κ1) is 13.0. The molecule has 3 nitrogen and oxygen atoms in total. The fraction of sp³-hybridized carbons (Fsp3) is 0.125. The summed E-state index contributed by atoms with van der Waals surface area (Å²) in [6.45, 7) is 2.10. The van der Waals surface area contributed by atoms with E-state index in [0.29, 0.717) is 0 Å². The van der Waals surface area contributed by atoms with Crippen molar-refractivity contribution in [1.29, 1.82) is 0 Å². The Labute approximate surface area is 112 Å². The van der Waals surface area contributed by atoms with Gasteiger partial charge < -0.3 is 0 Å². The lowest BCUT2D eigenvalue weighted by Gasteiger charge is -2.05. The van der Waals surface area contributed by atoms with Gasteiger partial charge in [-0.2, -0.15) is 0 Å². The first-order chi connectivity index (χ1) is 9.20. The Morgan fingerprint density at radius 3 is 2.26 bits per heavy atom. The molecule has 0 N–H and O–H groups in total. The predicted molar refractivity (Wildman–Crippen MR) is 77.7 cm³/mol. The zero-order chi connectivity index (χ0) is 13.7. The number of hydrogen-bond acceptors (Lipinski definition) is 2. The van der Waals surface area contributed by atoms with Gasteiger partial charge in [0.15, 0.2) is 0 Å². The number of nitro groups is 1. The van der Waals surface area contributed by atoms with E-state index in [9.17, 15) is 10.1 Å². The van der Waals surface area contributed by atoms with Crippen LogP contribution in [0.5, 0.6) is 0 Å². The number of rotatable bonds is 4. The summed E-state index contributed by atoms with van der Waals surface area (Å²) in [5.41, 5.74) is 3.50. The number of benzene rings is 2. The van der Waals surface area contributed by atoms with E-state index >= 15 is 0 Å². The third-order valence-electron chi connectivity index (χ3n) is 2.97. The molecule has 0 atom stereocenters. The number of nitro benzene ring substituents is 1. The quantitative estimate of drug-likeness (QED) is 0.456. The molecule has 96 valence electrons. The van der Waals surface area contributed by atoms with Gasteiger partial charge in [0, 0.05) is 12.1 Å². The molecule has 0 aromatic heterocycles. The van der Waals surface area contributed by atoms with Crippen LogP contribution in [0.1, 0.15) is 24.5 Å². The standard InChI is InChI=1S/C16H15NO2/c1-2-14(15-6-4-3-5-7-15)12-13-8-10-16(11-9-13)17(18)19/h3-12H,2H2,1H3/b14-12-. The maximum Gasteiger partial charge on any atom is 0.269 e. The Morgan fingerprint density at radius 2 is 1.74 bits per heavy atom. The van der Waals surface area contributed by atoms with Crippen molar-refractivity contribution in [1.82, 2.24) is 0 Å². The number of allylic oxidation sites excluding steroid dienone is 1. The van der Waals surface area contributed by atoms with Crippen molar-refractivity contribution in [3.63, 3.8) is 0 Å². The van der Waals surface area contributed by atoms with Crippen molar-refractivity contribution in [3.05, 3.63) is 75.8 Å². The van der Waals surface area contributed by atoms with Crippen LogP contribution in [0, 0.1) is 10.1 Å². The SMILES string of the molecule is CC/C(=C/c1ccc([N+](=O)[O-])cc1)c1ccccc1. The molecular formula is C16H15NO2. The fourth-order valence-electron chi connectivity index (χ4n) is 1.94. The summed E-state index contributed by atoms with van der Waals surface area (Å²) in [6.07, 6.45) is 2.99. The monoisotopic (exact) mass is 253 g/mol. The van der Waals surface area contributed by atoms with Crippen LogP contribution < -0.4 is 0 Å². The van der Waals surface area contributed by atoms with Crippen molar-refractivity contribution in [2.75, 3.05) is 0 Å². The number of non-ortho nitro benzene ring substituents is 1. The highest BCUT2D eigenvalue weighted by Gasteiger charge is 2.04. The van der Waals surface area contributed by atoms with E-state index in [-0.39, 0.29) is 10.6 Å². The van der Waals surface area contributed by atoms with Crippen LogP contribution in [0.25, 0.3) is 11.6 Å². The maximum atomic E-state index is 10.6. The summed E-state index contributed by atoms with van der Waals surface area (Å²) in [6, 6.07) is 16.8. The minimum atomic E-state index is -0.384. The molecular weight excluding hydrogens is 238 g/mol. The van der Waals surface area contributed by atoms with Crippen LogP contribution in [0.15, 0.2) is 54.6 Å². The highest BCUT2D eigenvalue weighted by Crippen LogP contribution is 2.22. The molecule has 0 bridgehead atoms. The summed E-state index contributed by atoms with van der Waals surface area (Å²) in [5, 5.41) is 10.6. The Morgan fingerprint density at radius 1 is 1.11 bits per heavy atom. The summed E-state index contributed by atoms with van der Waals surface area (Å²) < 4.78 is 0. The van der Waals surface area contributed by atoms with Gasteiger partial charge in [-0.1, -0.05) is 43.3 Å². The number of hydrogen-bond donors (Lipinski definition) is 0. The minimum Gasteiger partial charge on any atom is -0.258 e. The average molecular weight is 253 g/mol. The van der Waals surface area contributed by atoms with E-state index in [0.717, 1.165) is 12.0 Å². The van der Waals surface area contributed by atoms with E-state index in [1.165, 1.54) is 23.3 Å². The van der Waals surface area contributed by atoms with Crippen molar-refractivity contribution in [2.45, 2.75) is 13.3 Å². The van der Waals surface area contributed by atoms with Gasteiger partial charge in [-0.25, -0.2) is 0 Å². The highest BCUT2D eigenvalue weighted by atomic mass is 16.6. The molecule has 19 heavy (non-hydrogen) atoms. The Balaban J connectivity index is 2.30. The normalized spacial score (nSPS) is 11.3. The first-order valence-electron chi connectivity index (χ1n) is 6.21. The smallest absolute Gasteiger partial charge is 0.258 e. The fourth-order valence-corrected chi connectivity index (χ4v) is 1.94. The molecule has 0 spiro atoms. The van der Waals surface area contributed by atoms with Gasteiger partial charge in [-0.05, 0) is 35.3 Å². The van der Waals surface area contributed by atoms with Crippen molar-refractivity contribution in [3.8, 4) is 0 Å². The molecule has 0 radical (unpaired) electrons. The van der Waals surface area contributed by atoms with Crippen molar-refractivity contribution < 1.29 is 4.92 Å². The maximum absolute atomic E-state index is 10.6. The summed E-state index contributed by atoms with van der Waals surface area (Å²) in [4.78, 5) is 10.2. The van der Waals surface area contributed by atoms with Gasteiger partial charge in [-0.3, -0.25) is 10.1 Å².